The molecule has 1 fully saturated rings. The van der Waals surface area contributed by atoms with Crippen LogP contribution in [-0.2, 0) is 4.79 Å². The largest absolute Gasteiger partial charge is 0.481 e. The Bertz CT molecular complexity index is 428. The van der Waals surface area contributed by atoms with E-state index in [1.54, 1.807) is 19.1 Å². The maximum Gasteiger partial charge on any atom is 0.263 e. The fraction of sp³-hybridized carbons (Fsp3) is 0.533. The highest BCUT2D eigenvalue weighted by Gasteiger charge is 2.22. The van der Waals surface area contributed by atoms with E-state index in [1.165, 1.54) is 12.8 Å². The van der Waals surface area contributed by atoms with Crippen molar-refractivity contribution < 1.29 is 9.53 Å². The SMILES string of the molecule is CC(Oc1cccc(Cl)c1)C(=O)N1CCCCCC1. The molecule has 1 aliphatic rings. The van der Waals surface area contributed by atoms with Crippen LogP contribution in [0.15, 0.2) is 24.3 Å². The van der Waals surface area contributed by atoms with Crippen LogP contribution >= 0.6 is 11.6 Å². The molecular formula is C15H20ClNO2. The molecule has 1 heterocycles. The molecule has 0 aromatic heterocycles. The lowest BCUT2D eigenvalue weighted by atomic mass is 10.2. The van der Waals surface area contributed by atoms with Crippen molar-refractivity contribution in [2.75, 3.05) is 13.1 Å². The Morgan fingerprint density at radius 3 is 2.58 bits per heavy atom. The quantitative estimate of drug-likeness (QED) is 0.848. The fourth-order valence-electron chi connectivity index (χ4n) is 2.34. The zero-order chi connectivity index (χ0) is 13.7. The van der Waals surface area contributed by atoms with Crippen LogP contribution in [0.4, 0.5) is 0 Å². The predicted molar refractivity (Wildman–Crippen MR) is 76.6 cm³/mol. The van der Waals surface area contributed by atoms with Gasteiger partial charge in [0.05, 0.1) is 0 Å². The van der Waals surface area contributed by atoms with Gasteiger partial charge in [-0.15, -0.1) is 0 Å². The molecule has 1 saturated heterocycles. The highest BCUT2D eigenvalue weighted by Crippen LogP contribution is 2.19. The van der Waals surface area contributed by atoms with Crippen LogP contribution in [-0.4, -0.2) is 30.0 Å². The van der Waals surface area contributed by atoms with Crippen molar-refractivity contribution in [1.82, 2.24) is 4.90 Å². The number of benzene rings is 1. The molecular weight excluding hydrogens is 262 g/mol. The van der Waals surface area contributed by atoms with Gasteiger partial charge in [0.1, 0.15) is 5.75 Å². The number of amides is 1. The van der Waals surface area contributed by atoms with E-state index in [0.29, 0.717) is 10.8 Å². The molecule has 2 rings (SSSR count). The van der Waals surface area contributed by atoms with E-state index in [4.69, 9.17) is 16.3 Å². The normalized spacial score (nSPS) is 17.7. The van der Waals surface area contributed by atoms with E-state index in [9.17, 15) is 4.79 Å². The number of hydrogen-bond donors (Lipinski definition) is 0. The van der Waals surface area contributed by atoms with Gasteiger partial charge < -0.3 is 9.64 Å². The summed E-state index contributed by atoms with van der Waals surface area (Å²) in [6, 6.07) is 7.16. The molecule has 1 aromatic rings. The molecule has 1 aliphatic heterocycles. The molecule has 0 radical (unpaired) electrons. The van der Waals surface area contributed by atoms with Crippen molar-refractivity contribution in [2.45, 2.75) is 38.7 Å². The maximum absolute atomic E-state index is 12.3. The third-order valence-corrected chi connectivity index (χ3v) is 3.61. The molecule has 1 atom stereocenters. The molecule has 19 heavy (non-hydrogen) atoms. The van der Waals surface area contributed by atoms with Gasteiger partial charge >= 0.3 is 0 Å². The van der Waals surface area contributed by atoms with Gasteiger partial charge in [-0.25, -0.2) is 0 Å². The van der Waals surface area contributed by atoms with Crippen molar-refractivity contribution in [3.05, 3.63) is 29.3 Å². The topological polar surface area (TPSA) is 29.5 Å². The van der Waals surface area contributed by atoms with E-state index in [-0.39, 0.29) is 5.91 Å². The van der Waals surface area contributed by atoms with E-state index in [2.05, 4.69) is 0 Å². The van der Waals surface area contributed by atoms with Crippen LogP contribution < -0.4 is 4.74 Å². The Morgan fingerprint density at radius 2 is 1.95 bits per heavy atom. The van der Waals surface area contributed by atoms with Crippen LogP contribution in [0.25, 0.3) is 0 Å². The van der Waals surface area contributed by atoms with Gasteiger partial charge in [0.2, 0.25) is 0 Å². The summed E-state index contributed by atoms with van der Waals surface area (Å²) in [6.45, 7) is 3.50. The third-order valence-electron chi connectivity index (χ3n) is 3.37. The molecule has 1 unspecified atom stereocenters. The van der Waals surface area contributed by atoms with E-state index in [0.717, 1.165) is 25.9 Å². The van der Waals surface area contributed by atoms with Crippen molar-refractivity contribution in [2.24, 2.45) is 0 Å². The summed E-state index contributed by atoms with van der Waals surface area (Å²) in [6.07, 6.45) is 4.16. The standard InChI is InChI=1S/C15H20ClNO2/c1-12(19-14-8-6-7-13(16)11-14)15(18)17-9-4-2-3-5-10-17/h6-8,11-12H,2-5,9-10H2,1H3. The van der Waals surface area contributed by atoms with Gasteiger partial charge in [-0.05, 0) is 38.0 Å². The number of nitrogens with zero attached hydrogens (tertiary/aromatic N) is 1. The minimum absolute atomic E-state index is 0.0712. The molecule has 1 aromatic carbocycles. The van der Waals surface area contributed by atoms with E-state index in [1.807, 2.05) is 17.0 Å². The number of halogens is 1. The number of carbonyl (C=O) groups excluding carboxylic acids is 1. The van der Waals surface area contributed by atoms with Crippen molar-refractivity contribution in [1.29, 1.82) is 0 Å². The van der Waals surface area contributed by atoms with Crippen LogP contribution in [0.3, 0.4) is 0 Å². The second-order valence-electron chi connectivity index (χ2n) is 4.96. The Morgan fingerprint density at radius 1 is 1.26 bits per heavy atom. The van der Waals surface area contributed by atoms with Gasteiger partial charge in [0.15, 0.2) is 6.10 Å². The molecule has 0 saturated carbocycles. The monoisotopic (exact) mass is 281 g/mol. The first-order chi connectivity index (χ1) is 9.16. The van der Waals surface area contributed by atoms with Crippen molar-refractivity contribution in [3.63, 3.8) is 0 Å². The number of hydrogen-bond acceptors (Lipinski definition) is 2. The minimum Gasteiger partial charge on any atom is -0.481 e. The van der Waals surface area contributed by atoms with Crippen molar-refractivity contribution in [3.8, 4) is 5.75 Å². The minimum atomic E-state index is -0.462. The molecule has 0 N–H and O–H groups in total. The summed E-state index contributed by atoms with van der Waals surface area (Å²) >= 11 is 5.90. The lowest BCUT2D eigenvalue weighted by Gasteiger charge is -2.24. The third kappa shape index (κ3) is 4.13. The number of likely N-dealkylation sites (tertiary alicyclic amines) is 1. The average Bonchev–Trinajstić information content (AvgIpc) is 2.66. The highest BCUT2D eigenvalue weighted by molar-refractivity contribution is 6.30. The summed E-state index contributed by atoms with van der Waals surface area (Å²) in [5, 5.41) is 0.618. The van der Waals surface area contributed by atoms with Gasteiger partial charge in [-0.1, -0.05) is 30.5 Å². The van der Waals surface area contributed by atoms with Crippen LogP contribution in [0.1, 0.15) is 32.6 Å². The van der Waals surface area contributed by atoms with Crippen molar-refractivity contribution >= 4 is 17.5 Å². The van der Waals surface area contributed by atoms with Crippen LogP contribution in [0.2, 0.25) is 5.02 Å². The Kier molecular flexibility index (Phi) is 5.08. The smallest absolute Gasteiger partial charge is 0.263 e. The molecule has 1 amide bonds. The number of carbonyl (C=O) groups is 1. The number of ether oxygens (including phenoxy) is 1. The number of rotatable bonds is 3. The molecule has 3 nitrogen and oxygen atoms in total. The summed E-state index contributed by atoms with van der Waals surface area (Å²) in [7, 11) is 0. The lowest BCUT2D eigenvalue weighted by molar-refractivity contribution is -0.137. The van der Waals surface area contributed by atoms with Gasteiger partial charge in [-0.3, -0.25) is 4.79 Å². The fourth-order valence-corrected chi connectivity index (χ4v) is 2.52. The first-order valence-corrected chi connectivity index (χ1v) is 7.25. The molecule has 0 bridgehead atoms. The van der Waals surface area contributed by atoms with Gasteiger partial charge in [0.25, 0.3) is 5.91 Å². The van der Waals surface area contributed by atoms with E-state index < -0.39 is 6.10 Å². The zero-order valence-corrected chi connectivity index (χ0v) is 12.0. The maximum atomic E-state index is 12.3. The molecule has 0 aliphatic carbocycles. The summed E-state index contributed by atoms with van der Waals surface area (Å²) < 4.78 is 5.68. The predicted octanol–water partition coefficient (Wildman–Crippen LogP) is 3.51. The van der Waals surface area contributed by atoms with Crippen LogP contribution in [0.5, 0.6) is 5.75 Å². The van der Waals surface area contributed by atoms with Gasteiger partial charge in [-0.2, -0.15) is 0 Å². The molecule has 4 heteroatoms. The zero-order valence-electron chi connectivity index (χ0n) is 11.3. The lowest BCUT2D eigenvalue weighted by Crippen LogP contribution is -2.40. The molecule has 104 valence electrons. The second kappa shape index (κ2) is 6.80. The first kappa shape index (κ1) is 14.2. The average molecular weight is 282 g/mol. The summed E-state index contributed by atoms with van der Waals surface area (Å²) in [5.74, 6) is 0.713. The van der Waals surface area contributed by atoms with Crippen LogP contribution in [0, 0.1) is 0 Å². The Labute approximate surface area is 119 Å². The Balaban J connectivity index is 1.94. The van der Waals surface area contributed by atoms with Gasteiger partial charge in [0, 0.05) is 18.1 Å². The van der Waals surface area contributed by atoms with E-state index >= 15 is 0 Å². The summed E-state index contributed by atoms with van der Waals surface area (Å²) in [5.41, 5.74) is 0. The highest BCUT2D eigenvalue weighted by atomic mass is 35.5. The second-order valence-corrected chi connectivity index (χ2v) is 5.39. The Hall–Kier alpha value is -1.22. The summed E-state index contributed by atoms with van der Waals surface area (Å²) in [4.78, 5) is 14.2. The molecule has 0 spiro atoms. The first-order valence-electron chi connectivity index (χ1n) is 6.88.